The third-order valence-electron chi connectivity index (χ3n) is 2.16. The molecule has 0 saturated carbocycles. The molecule has 0 aliphatic rings. The summed E-state index contributed by atoms with van der Waals surface area (Å²) in [5.74, 6) is 2.67. The quantitative estimate of drug-likeness (QED) is 0.616. The van der Waals surface area contributed by atoms with E-state index in [1.807, 2.05) is 0 Å². The highest BCUT2D eigenvalue weighted by molar-refractivity contribution is 5.86. The Labute approximate surface area is 101 Å². The summed E-state index contributed by atoms with van der Waals surface area (Å²) >= 11 is 0. The molecule has 1 aromatic heterocycles. The maximum Gasteiger partial charge on any atom is 0.358 e. The number of anilines is 1. The molecule has 0 fully saturated rings. The van der Waals surface area contributed by atoms with Gasteiger partial charge in [-0.2, -0.15) is 0 Å². The van der Waals surface area contributed by atoms with Gasteiger partial charge >= 0.3 is 5.97 Å². The van der Waals surface area contributed by atoms with Crippen LogP contribution in [0.1, 0.15) is 30.3 Å². The van der Waals surface area contributed by atoms with E-state index in [1.165, 1.54) is 7.11 Å². The molecule has 1 atom stereocenters. The minimum Gasteiger partial charge on any atom is -0.464 e. The molecule has 5 heteroatoms. The van der Waals surface area contributed by atoms with Gasteiger partial charge in [0.1, 0.15) is 5.82 Å². The summed E-state index contributed by atoms with van der Waals surface area (Å²) in [4.78, 5) is 11.1. The van der Waals surface area contributed by atoms with Crippen molar-refractivity contribution in [1.82, 2.24) is 10.2 Å². The van der Waals surface area contributed by atoms with Gasteiger partial charge in [-0.15, -0.1) is 16.6 Å². The van der Waals surface area contributed by atoms with E-state index in [1.54, 1.807) is 12.1 Å². The molecule has 0 aliphatic carbocycles. The number of esters is 1. The Kier molecular flexibility index (Phi) is 4.95. The molecule has 0 spiro atoms. The van der Waals surface area contributed by atoms with Gasteiger partial charge in [-0.25, -0.2) is 4.79 Å². The number of nitrogens with zero attached hydrogens (tertiary/aromatic N) is 2. The van der Waals surface area contributed by atoms with Crippen molar-refractivity contribution in [3.05, 3.63) is 17.8 Å². The van der Waals surface area contributed by atoms with Crippen LogP contribution in [0.15, 0.2) is 12.1 Å². The number of carbonyl (C=O) groups excluding carboxylic acids is 1. The van der Waals surface area contributed by atoms with Crippen LogP contribution in [0, 0.1) is 12.3 Å². The Morgan fingerprint density at radius 3 is 2.82 bits per heavy atom. The molecule has 1 rings (SSSR count). The second-order valence-electron chi connectivity index (χ2n) is 3.45. The van der Waals surface area contributed by atoms with Gasteiger partial charge in [0.15, 0.2) is 5.69 Å². The van der Waals surface area contributed by atoms with Crippen LogP contribution in [0.2, 0.25) is 0 Å². The summed E-state index contributed by atoms with van der Waals surface area (Å²) in [5.41, 5.74) is 0.172. The van der Waals surface area contributed by atoms with Crippen LogP contribution in [-0.4, -0.2) is 29.3 Å². The van der Waals surface area contributed by atoms with Gasteiger partial charge in [-0.05, 0) is 18.6 Å². The zero-order valence-corrected chi connectivity index (χ0v) is 9.93. The summed E-state index contributed by atoms with van der Waals surface area (Å²) in [6.45, 7) is 2.05. The summed E-state index contributed by atoms with van der Waals surface area (Å²) in [6.07, 6.45) is 7.21. The first-order chi connectivity index (χ1) is 8.21. The van der Waals surface area contributed by atoms with E-state index in [2.05, 4.69) is 33.1 Å². The van der Waals surface area contributed by atoms with Crippen molar-refractivity contribution < 1.29 is 9.53 Å². The number of terminal acetylenes is 1. The van der Waals surface area contributed by atoms with Gasteiger partial charge < -0.3 is 10.1 Å². The fraction of sp³-hybridized carbons (Fsp3) is 0.417. The third-order valence-corrected chi connectivity index (χ3v) is 2.16. The first kappa shape index (κ1) is 13.0. The van der Waals surface area contributed by atoms with Crippen LogP contribution >= 0.6 is 0 Å². The number of carbonyl (C=O) groups is 1. The number of ether oxygens (including phenoxy) is 1. The lowest BCUT2D eigenvalue weighted by atomic mass is 10.2. The topological polar surface area (TPSA) is 64.1 Å². The van der Waals surface area contributed by atoms with Crippen molar-refractivity contribution in [2.45, 2.75) is 25.8 Å². The van der Waals surface area contributed by atoms with E-state index >= 15 is 0 Å². The fourth-order valence-corrected chi connectivity index (χ4v) is 1.29. The molecule has 1 N–H and O–H groups in total. The predicted octanol–water partition coefficient (Wildman–Crippen LogP) is 1.48. The van der Waals surface area contributed by atoms with Gasteiger partial charge in [0, 0.05) is 0 Å². The van der Waals surface area contributed by atoms with E-state index in [9.17, 15) is 4.79 Å². The fourth-order valence-electron chi connectivity index (χ4n) is 1.29. The van der Waals surface area contributed by atoms with Gasteiger partial charge in [0.2, 0.25) is 0 Å². The van der Waals surface area contributed by atoms with Crippen molar-refractivity contribution in [3.63, 3.8) is 0 Å². The largest absolute Gasteiger partial charge is 0.464 e. The number of hydrogen-bond acceptors (Lipinski definition) is 5. The second kappa shape index (κ2) is 6.48. The van der Waals surface area contributed by atoms with Crippen LogP contribution in [0.25, 0.3) is 0 Å². The molecule has 1 unspecified atom stereocenters. The molecule has 0 radical (unpaired) electrons. The summed E-state index contributed by atoms with van der Waals surface area (Å²) in [6, 6.07) is 3.12. The smallest absolute Gasteiger partial charge is 0.358 e. The SMILES string of the molecule is C#CC(CCC)Nc1ccc(C(=O)OC)nn1. The highest BCUT2D eigenvalue weighted by Gasteiger charge is 2.09. The van der Waals surface area contributed by atoms with Crippen molar-refractivity contribution >= 4 is 11.8 Å². The lowest BCUT2D eigenvalue weighted by Gasteiger charge is -2.11. The third kappa shape index (κ3) is 3.76. The summed E-state index contributed by atoms with van der Waals surface area (Å²) in [5, 5.41) is 10.7. The molecule has 0 aliphatic heterocycles. The average Bonchev–Trinajstić information content (AvgIpc) is 2.38. The Morgan fingerprint density at radius 2 is 2.35 bits per heavy atom. The Morgan fingerprint density at radius 1 is 1.59 bits per heavy atom. The summed E-state index contributed by atoms with van der Waals surface area (Å²) < 4.78 is 4.52. The molecule has 90 valence electrons. The van der Waals surface area contributed by atoms with Crippen molar-refractivity contribution in [2.75, 3.05) is 12.4 Å². The molecule has 0 saturated heterocycles. The molecular formula is C12H15N3O2. The maximum absolute atomic E-state index is 11.1. The monoisotopic (exact) mass is 233 g/mol. The van der Waals surface area contributed by atoms with E-state index in [0.29, 0.717) is 5.82 Å². The number of methoxy groups -OCH3 is 1. The molecule has 1 aromatic rings. The van der Waals surface area contributed by atoms with Crippen molar-refractivity contribution in [1.29, 1.82) is 0 Å². The standard InChI is InChI=1S/C12H15N3O2/c1-4-6-9(5-2)13-11-8-7-10(14-15-11)12(16)17-3/h2,7-9H,4,6H2,1,3H3,(H,13,15). The Bertz CT molecular complexity index is 409. The molecule has 1 heterocycles. The highest BCUT2D eigenvalue weighted by Crippen LogP contribution is 2.07. The highest BCUT2D eigenvalue weighted by atomic mass is 16.5. The minimum atomic E-state index is -0.508. The van der Waals surface area contributed by atoms with Crippen LogP contribution in [-0.2, 0) is 4.74 Å². The van der Waals surface area contributed by atoms with Crippen LogP contribution in [0.4, 0.5) is 5.82 Å². The molecule has 5 nitrogen and oxygen atoms in total. The predicted molar refractivity (Wildman–Crippen MR) is 64.5 cm³/mol. The first-order valence-electron chi connectivity index (χ1n) is 5.36. The van der Waals surface area contributed by atoms with Gasteiger partial charge in [-0.1, -0.05) is 19.3 Å². The van der Waals surface area contributed by atoms with E-state index in [-0.39, 0.29) is 11.7 Å². The van der Waals surface area contributed by atoms with E-state index in [4.69, 9.17) is 6.42 Å². The van der Waals surface area contributed by atoms with Gasteiger partial charge in [0.25, 0.3) is 0 Å². The second-order valence-corrected chi connectivity index (χ2v) is 3.45. The number of rotatable bonds is 5. The number of nitrogens with one attached hydrogen (secondary N) is 1. The van der Waals surface area contributed by atoms with Crippen LogP contribution < -0.4 is 5.32 Å². The molecule has 17 heavy (non-hydrogen) atoms. The molecular weight excluding hydrogens is 218 g/mol. The molecule has 0 amide bonds. The van der Waals surface area contributed by atoms with Crippen LogP contribution in [0.3, 0.4) is 0 Å². The van der Waals surface area contributed by atoms with Gasteiger partial charge in [0.05, 0.1) is 13.2 Å². The zero-order valence-electron chi connectivity index (χ0n) is 9.93. The maximum atomic E-state index is 11.1. The zero-order chi connectivity index (χ0) is 12.7. The first-order valence-corrected chi connectivity index (χ1v) is 5.36. The van der Waals surface area contributed by atoms with Crippen molar-refractivity contribution in [3.8, 4) is 12.3 Å². The normalized spacial score (nSPS) is 11.4. The lowest BCUT2D eigenvalue weighted by molar-refractivity contribution is 0.0593. The number of aromatic nitrogens is 2. The Balaban J connectivity index is 2.68. The van der Waals surface area contributed by atoms with Gasteiger partial charge in [-0.3, -0.25) is 0 Å². The molecule has 0 aromatic carbocycles. The average molecular weight is 233 g/mol. The summed E-state index contributed by atoms with van der Waals surface area (Å²) in [7, 11) is 1.30. The van der Waals surface area contributed by atoms with E-state index < -0.39 is 5.97 Å². The number of hydrogen-bond donors (Lipinski definition) is 1. The Hall–Kier alpha value is -2.09. The van der Waals surface area contributed by atoms with Crippen LogP contribution in [0.5, 0.6) is 0 Å². The van der Waals surface area contributed by atoms with E-state index in [0.717, 1.165) is 12.8 Å². The minimum absolute atomic E-state index is 0.0710. The van der Waals surface area contributed by atoms with Crippen molar-refractivity contribution in [2.24, 2.45) is 0 Å². The lowest BCUT2D eigenvalue weighted by Crippen LogP contribution is -2.18. The molecule has 0 bridgehead atoms.